The van der Waals surface area contributed by atoms with E-state index in [1.54, 1.807) is 24.3 Å². The molecule has 0 spiro atoms. The molecule has 1 N–H and O–H groups in total. The number of anilines is 1. The van der Waals surface area contributed by atoms with E-state index in [4.69, 9.17) is 9.47 Å². The van der Waals surface area contributed by atoms with Gasteiger partial charge in [0.2, 0.25) is 5.88 Å². The van der Waals surface area contributed by atoms with Gasteiger partial charge in [-0.15, -0.1) is 0 Å². The Balaban J connectivity index is 1.15. The fraction of sp³-hybridized carbons (Fsp3) is 0.379. The third-order valence-corrected chi connectivity index (χ3v) is 8.87. The highest BCUT2D eigenvalue weighted by Gasteiger charge is 2.40. The number of aromatic nitrogens is 1. The summed E-state index contributed by atoms with van der Waals surface area (Å²) in [5.74, 6) is 1.03. The largest absolute Gasteiger partial charge is 0.447 e. The van der Waals surface area contributed by atoms with Crippen molar-refractivity contribution in [3.8, 4) is 11.6 Å². The van der Waals surface area contributed by atoms with Gasteiger partial charge in [-0.2, -0.15) is 12.7 Å². The summed E-state index contributed by atoms with van der Waals surface area (Å²) in [6.07, 6.45) is 1.58. The average Bonchev–Trinajstić information content (AvgIpc) is 3.33. The van der Waals surface area contributed by atoms with Crippen molar-refractivity contribution < 1.29 is 22.7 Å². The monoisotopic (exact) mass is 565 g/mol. The quantitative estimate of drug-likeness (QED) is 0.406. The van der Waals surface area contributed by atoms with Crippen LogP contribution in [0.3, 0.4) is 0 Å². The highest BCUT2D eigenvalue weighted by Crippen LogP contribution is 2.33. The minimum absolute atomic E-state index is 0.0252. The van der Waals surface area contributed by atoms with Crippen molar-refractivity contribution in [1.82, 2.24) is 19.1 Å². The van der Waals surface area contributed by atoms with Gasteiger partial charge in [-0.1, -0.05) is 36.4 Å². The fourth-order valence-electron chi connectivity index (χ4n) is 5.11. The van der Waals surface area contributed by atoms with Crippen molar-refractivity contribution in [3.05, 3.63) is 83.6 Å². The minimum atomic E-state index is -3.57. The van der Waals surface area contributed by atoms with Crippen LogP contribution in [0.25, 0.3) is 0 Å². The van der Waals surface area contributed by atoms with Crippen LogP contribution in [-0.2, 0) is 21.5 Å². The van der Waals surface area contributed by atoms with Crippen molar-refractivity contribution in [3.63, 3.8) is 0 Å². The van der Waals surface area contributed by atoms with E-state index in [-0.39, 0.29) is 18.2 Å². The number of aryl methyl sites for hydroxylation is 1. The number of nitrogens with zero attached hydrogens (tertiary/aromatic N) is 4. The number of rotatable bonds is 9. The standard InChI is InChI=1S/C29H35N5O5S/c1-21-23(9-14-28(30-21)39-26-12-10-24(11-13-26)31-40(36,37)32(2)3)19-33-17-15-25(16-18-33)34-27(20-38-29(34)35)22-7-5-4-6-8-22/h4-14,25,27,31H,15-20H2,1-3H3/t27-/m0/s1. The zero-order valence-corrected chi connectivity index (χ0v) is 23.8. The molecule has 2 saturated heterocycles. The molecule has 2 fully saturated rings. The van der Waals surface area contributed by atoms with E-state index in [9.17, 15) is 13.2 Å². The van der Waals surface area contributed by atoms with Crippen LogP contribution in [0.4, 0.5) is 10.5 Å². The maximum atomic E-state index is 12.6. The zero-order chi connectivity index (χ0) is 28.3. The summed E-state index contributed by atoms with van der Waals surface area (Å²) in [6, 6.07) is 20.8. The molecule has 1 amide bonds. The Morgan fingerprint density at radius 3 is 2.38 bits per heavy atom. The summed E-state index contributed by atoms with van der Waals surface area (Å²) in [6.45, 7) is 4.93. The number of hydrogen-bond acceptors (Lipinski definition) is 7. The van der Waals surface area contributed by atoms with Gasteiger partial charge in [0, 0.05) is 51.5 Å². The third kappa shape index (κ3) is 6.38. The van der Waals surface area contributed by atoms with Crippen LogP contribution in [0.15, 0.2) is 66.7 Å². The molecule has 212 valence electrons. The Morgan fingerprint density at radius 1 is 1.02 bits per heavy atom. The predicted octanol–water partition coefficient (Wildman–Crippen LogP) is 4.56. The number of benzene rings is 2. The highest BCUT2D eigenvalue weighted by atomic mass is 32.2. The molecule has 0 unspecified atom stereocenters. The summed E-state index contributed by atoms with van der Waals surface area (Å²) >= 11 is 0. The summed E-state index contributed by atoms with van der Waals surface area (Å²) in [5, 5.41) is 0. The SMILES string of the molecule is Cc1nc(Oc2ccc(NS(=O)(=O)N(C)C)cc2)ccc1CN1CCC(N2C(=O)OC[C@H]2c2ccccc2)CC1. The number of amides is 1. The van der Waals surface area contributed by atoms with Crippen molar-refractivity contribution in [2.45, 2.75) is 38.4 Å². The van der Waals surface area contributed by atoms with E-state index in [0.717, 1.165) is 53.6 Å². The molecule has 0 bridgehead atoms. The van der Waals surface area contributed by atoms with Crippen LogP contribution < -0.4 is 9.46 Å². The van der Waals surface area contributed by atoms with Gasteiger partial charge in [-0.3, -0.25) is 14.5 Å². The molecular formula is C29H35N5O5S. The molecule has 5 rings (SSSR count). The molecule has 0 saturated carbocycles. The van der Waals surface area contributed by atoms with E-state index >= 15 is 0 Å². The Bertz CT molecular complexity index is 1420. The molecule has 0 radical (unpaired) electrons. The average molecular weight is 566 g/mol. The summed E-state index contributed by atoms with van der Waals surface area (Å²) in [7, 11) is -0.636. The Kier molecular flexibility index (Phi) is 8.24. The second-order valence-electron chi connectivity index (χ2n) is 10.3. The van der Waals surface area contributed by atoms with Crippen LogP contribution in [0, 0.1) is 6.92 Å². The third-order valence-electron chi connectivity index (χ3n) is 7.41. The molecule has 1 atom stereocenters. The number of hydrogen-bond donors (Lipinski definition) is 1. The number of carbonyl (C=O) groups excluding carboxylic acids is 1. The molecule has 11 heteroatoms. The molecular weight excluding hydrogens is 530 g/mol. The number of pyridine rings is 1. The Morgan fingerprint density at radius 2 is 1.73 bits per heavy atom. The first-order chi connectivity index (χ1) is 19.2. The van der Waals surface area contributed by atoms with Gasteiger partial charge in [0.05, 0.1) is 11.7 Å². The lowest BCUT2D eigenvalue weighted by atomic mass is 9.98. The summed E-state index contributed by atoms with van der Waals surface area (Å²) < 4.78 is 38.9. The lowest BCUT2D eigenvalue weighted by Gasteiger charge is -2.38. The predicted molar refractivity (Wildman–Crippen MR) is 152 cm³/mol. The molecule has 3 heterocycles. The number of ether oxygens (including phenoxy) is 2. The Labute approximate surface area is 235 Å². The second-order valence-corrected chi connectivity index (χ2v) is 12.2. The van der Waals surface area contributed by atoms with Crippen LogP contribution >= 0.6 is 0 Å². The number of likely N-dealkylation sites (tertiary alicyclic amines) is 1. The maximum Gasteiger partial charge on any atom is 0.410 e. The highest BCUT2D eigenvalue weighted by molar-refractivity contribution is 7.90. The van der Waals surface area contributed by atoms with E-state index in [1.165, 1.54) is 14.1 Å². The lowest BCUT2D eigenvalue weighted by Crippen LogP contribution is -2.46. The summed E-state index contributed by atoms with van der Waals surface area (Å²) in [4.78, 5) is 21.5. The van der Waals surface area contributed by atoms with Crippen molar-refractivity contribution in [2.24, 2.45) is 0 Å². The molecule has 10 nitrogen and oxygen atoms in total. The van der Waals surface area contributed by atoms with Gasteiger partial charge < -0.3 is 9.47 Å². The molecule has 2 aromatic carbocycles. The first kappa shape index (κ1) is 27.9. The number of carbonyl (C=O) groups is 1. The number of piperidine rings is 1. The van der Waals surface area contributed by atoms with Gasteiger partial charge in [0.25, 0.3) is 0 Å². The smallest absolute Gasteiger partial charge is 0.410 e. The van der Waals surface area contributed by atoms with Crippen molar-refractivity contribution >= 4 is 22.0 Å². The van der Waals surface area contributed by atoms with Gasteiger partial charge in [0.15, 0.2) is 0 Å². The molecule has 0 aliphatic carbocycles. The summed E-state index contributed by atoms with van der Waals surface area (Å²) in [5.41, 5.74) is 3.58. The van der Waals surface area contributed by atoms with E-state index in [2.05, 4.69) is 26.7 Å². The number of nitrogens with one attached hydrogen (secondary N) is 1. The van der Waals surface area contributed by atoms with Crippen LogP contribution in [-0.4, -0.2) is 73.4 Å². The molecule has 40 heavy (non-hydrogen) atoms. The van der Waals surface area contributed by atoms with Crippen LogP contribution in [0.1, 0.15) is 35.7 Å². The van der Waals surface area contributed by atoms with Gasteiger partial charge in [-0.05, 0) is 55.2 Å². The molecule has 1 aromatic heterocycles. The molecule has 3 aromatic rings. The Hall–Kier alpha value is -3.67. The fourth-order valence-corrected chi connectivity index (χ4v) is 5.72. The van der Waals surface area contributed by atoms with Gasteiger partial charge >= 0.3 is 16.3 Å². The zero-order valence-electron chi connectivity index (χ0n) is 23.0. The van der Waals surface area contributed by atoms with E-state index < -0.39 is 10.2 Å². The number of cyclic esters (lactones) is 1. The van der Waals surface area contributed by atoms with Crippen LogP contribution in [0.2, 0.25) is 0 Å². The second kappa shape index (κ2) is 11.8. The van der Waals surface area contributed by atoms with Crippen molar-refractivity contribution in [2.75, 3.05) is 38.5 Å². The van der Waals surface area contributed by atoms with Gasteiger partial charge in [0.1, 0.15) is 12.4 Å². The van der Waals surface area contributed by atoms with Gasteiger partial charge in [-0.25, -0.2) is 9.78 Å². The first-order valence-corrected chi connectivity index (χ1v) is 14.8. The maximum absolute atomic E-state index is 12.6. The topological polar surface area (TPSA) is 104 Å². The first-order valence-electron chi connectivity index (χ1n) is 13.4. The van der Waals surface area contributed by atoms with E-state index in [1.807, 2.05) is 42.2 Å². The normalized spacial score (nSPS) is 18.6. The van der Waals surface area contributed by atoms with Crippen LogP contribution in [0.5, 0.6) is 11.6 Å². The lowest BCUT2D eigenvalue weighted by molar-refractivity contribution is 0.104. The minimum Gasteiger partial charge on any atom is -0.447 e. The molecule has 2 aliphatic heterocycles. The van der Waals surface area contributed by atoms with E-state index in [0.29, 0.717) is 23.9 Å². The van der Waals surface area contributed by atoms with Crippen molar-refractivity contribution in [1.29, 1.82) is 0 Å². The molecule has 2 aliphatic rings.